The van der Waals surface area contributed by atoms with Gasteiger partial charge in [-0.25, -0.2) is 4.79 Å². The van der Waals surface area contributed by atoms with Crippen molar-refractivity contribution in [1.82, 2.24) is 0 Å². The van der Waals surface area contributed by atoms with Gasteiger partial charge < -0.3 is 19.0 Å². The Bertz CT molecular complexity index is 1290. The van der Waals surface area contributed by atoms with Crippen LogP contribution in [0.15, 0.2) is 65.3 Å². The zero-order chi connectivity index (χ0) is 23.5. The summed E-state index contributed by atoms with van der Waals surface area (Å²) in [6, 6.07) is 16.5. The van der Waals surface area contributed by atoms with Gasteiger partial charge in [-0.3, -0.25) is 0 Å². The molecule has 1 heterocycles. The van der Waals surface area contributed by atoms with Crippen molar-refractivity contribution in [2.45, 2.75) is 32.8 Å². The summed E-state index contributed by atoms with van der Waals surface area (Å²) in [6.07, 6.45) is 2.44. The number of rotatable bonds is 8. The highest BCUT2D eigenvalue weighted by molar-refractivity contribution is 6.33. The van der Waals surface area contributed by atoms with Crippen LogP contribution in [0.5, 0.6) is 17.2 Å². The summed E-state index contributed by atoms with van der Waals surface area (Å²) in [7, 11) is 0. The number of hydrogen-bond acceptors (Lipinski definition) is 4. The maximum atomic E-state index is 11.2. The molecule has 33 heavy (non-hydrogen) atoms. The number of aryl methyl sites for hydroxylation is 1. The molecule has 5 nitrogen and oxygen atoms in total. The lowest BCUT2D eigenvalue weighted by Crippen LogP contribution is -2.22. The standard InChI is InChI=1S/C26H22Cl2O5/c1-3-4-16-11-19(33-18-7-5-17(27)6-8-18)9-10-20(16)22-14-31-24-13-23(28)25(12-21(22)24)32-15(2)26(29)30/h5-15H,3-4H2,1-2H3,(H,29,30)/t15-/m1/s1. The predicted molar refractivity (Wildman–Crippen MR) is 130 cm³/mol. The van der Waals surface area contributed by atoms with Crippen LogP contribution in [-0.2, 0) is 11.2 Å². The second kappa shape index (κ2) is 9.77. The summed E-state index contributed by atoms with van der Waals surface area (Å²) in [6.45, 7) is 3.57. The van der Waals surface area contributed by atoms with E-state index in [1.165, 1.54) is 6.92 Å². The predicted octanol–water partition coefficient (Wildman–Crippen LogP) is 8.00. The summed E-state index contributed by atoms with van der Waals surface area (Å²) >= 11 is 12.3. The minimum atomic E-state index is -1.07. The van der Waals surface area contributed by atoms with Crippen LogP contribution >= 0.6 is 23.2 Å². The number of benzene rings is 3. The number of fused-ring (bicyclic) bond motifs is 1. The Kier molecular flexibility index (Phi) is 6.82. The maximum Gasteiger partial charge on any atom is 0.344 e. The first-order valence-electron chi connectivity index (χ1n) is 10.5. The smallest absolute Gasteiger partial charge is 0.344 e. The Morgan fingerprint density at radius 3 is 2.45 bits per heavy atom. The molecule has 0 aliphatic heterocycles. The van der Waals surface area contributed by atoms with Gasteiger partial charge >= 0.3 is 5.97 Å². The van der Waals surface area contributed by atoms with Gasteiger partial charge in [0.25, 0.3) is 0 Å². The van der Waals surface area contributed by atoms with Gasteiger partial charge in [-0.2, -0.15) is 0 Å². The van der Waals surface area contributed by atoms with Crippen molar-refractivity contribution in [2.75, 3.05) is 0 Å². The molecule has 0 saturated carbocycles. The van der Waals surface area contributed by atoms with Crippen molar-refractivity contribution in [2.24, 2.45) is 0 Å². The van der Waals surface area contributed by atoms with E-state index in [1.54, 1.807) is 30.5 Å². The number of furan rings is 1. The molecule has 0 aliphatic carbocycles. The first-order chi connectivity index (χ1) is 15.9. The van der Waals surface area contributed by atoms with E-state index < -0.39 is 12.1 Å². The Morgan fingerprint density at radius 2 is 1.76 bits per heavy atom. The van der Waals surface area contributed by atoms with Crippen molar-refractivity contribution < 1.29 is 23.8 Å². The molecule has 1 N–H and O–H groups in total. The zero-order valence-electron chi connectivity index (χ0n) is 18.1. The van der Waals surface area contributed by atoms with Gasteiger partial charge in [0.2, 0.25) is 0 Å². The van der Waals surface area contributed by atoms with E-state index >= 15 is 0 Å². The molecule has 0 unspecified atom stereocenters. The van der Waals surface area contributed by atoms with E-state index in [0.717, 1.165) is 40.7 Å². The van der Waals surface area contributed by atoms with E-state index in [-0.39, 0.29) is 5.02 Å². The van der Waals surface area contributed by atoms with Gasteiger partial charge in [0.05, 0.1) is 11.3 Å². The first kappa shape index (κ1) is 23.0. The molecular formula is C26H22Cl2O5. The molecule has 0 radical (unpaired) electrons. The number of carboxylic acid groups (broad SMARTS) is 1. The highest BCUT2D eigenvalue weighted by Crippen LogP contribution is 2.40. The van der Waals surface area contributed by atoms with Crippen molar-refractivity contribution in [3.63, 3.8) is 0 Å². The molecular weight excluding hydrogens is 463 g/mol. The van der Waals surface area contributed by atoms with Crippen molar-refractivity contribution in [3.8, 4) is 28.4 Å². The van der Waals surface area contributed by atoms with Crippen molar-refractivity contribution in [3.05, 3.63) is 76.5 Å². The Morgan fingerprint density at radius 1 is 1.03 bits per heavy atom. The van der Waals surface area contributed by atoms with E-state index in [1.807, 2.05) is 30.3 Å². The minimum absolute atomic E-state index is 0.289. The molecule has 0 amide bonds. The second-order valence-electron chi connectivity index (χ2n) is 7.65. The quantitative estimate of drug-likeness (QED) is 0.274. The van der Waals surface area contributed by atoms with E-state index in [9.17, 15) is 9.90 Å². The van der Waals surface area contributed by atoms with Gasteiger partial charge in [-0.05, 0) is 66.9 Å². The van der Waals surface area contributed by atoms with Gasteiger partial charge in [-0.1, -0.05) is 42.6 Å². The highest BCUT2D eigenvalue weighted by Gasteiger charge is 2.19. The first-order valence-corrected chi connectivity index (χ1v) is 11.3. The topological polar surface area (TPSA) is 68.9 Å². The van der Waals surface area contributed by atoms with Gasteiger partial charge in [0, 0.05) is 22.0 Å². The fourth-order valence-corrected chi connectivity index (χ4v) is 3.90. The molecule has 170 valence electrons. The van der Waals surface area contributed by atoms with E-state index in [4.69, 9.17) is 37.1 Å². The van der Waals surface area contributed by atoms with Crippen molar-refractivity contribution in [1.29, 1.82) is 0 Å². The summed E-state index contributed by atoms with van der Waals surface area (Å²) in [4.78, 5) is 11.2. The Balaban J connectivity index is 1.73. The maximum absolute atomic E-state index is 11.2. The summed E-state index contributed by atoms with van der Waals surface area (Å²) in [5.74, 6) is 0.647. The van der Waals surface area contributed by atoms with Crippen LogP contribution in [0.4, 0.5) is 0 Å². The minimum Gasteiger partial charge on any atom is -0.479 e. The van der Waals surface area contributed by atoms with Crippen LogP contribution in [0.3, 0.4) is 0 Å². The third-order valence-electron chi connectivity index (χ3n) is 5.22. The number of carbonyl (C=O) groups is 1. The highest BCUT2D eigenvalue weighted by atomic mass is 35.5. The van der Waals surface area contributed by atoms with Crippen LogP contribution in [0.2, 0.25) is 10.0 Å². The Hall–Kier alpha value is -3.15. The SMILES string of the molecule is CCCc1cc(Oc2ccc(Cl)cc2)ccc1-c1coc2cc(Cl)c(O[C@H](C)C(=O)O)cc12. The molecule has 4 rings (SSSR count). The van der Waals surface area contributed by atoms with Gasteiger partial charge in [0.15, 0.2) is 6.10 Å². The van der Waals surface area contributed by atoms with Crippen LogP contribution in [-0.4, -0.2) is 17.2 Å². The lowest BCUT2D eigenvalue weighted by Gasteiger charge is -2.13. The normalized spacial score (nSPS) is 12.0. The average molecular weight is 485 g/mol. The van der Waals surface area contributed by atoms with Crippen LogP contribution in [0.25, 0.3) is 22.1 Å². The second-order valence-corrected chi connectivity index (χ2v) is 8.50. The molecule has 0 fully saturated rings. The largest absolute Gasteiger partial charge is 0.479 e. The third kappa shape index (κ3) is 5.10. The molecule has 1 atom stereocenters. The molecule has 0 spiro atoms. The molecule has 7 heteroatoms. The van der Waals surface area contributed by atoms with Crippen LogP contribution < -0.4 is 9.47 Å². The summed E-state index contributed by atoms with van der Waals surface area (Å²) < 4.78 is 17.3. The number of hydrogen-bond donors (Lipinski definition) is 1. The average Bonchev–Trinajstić information content (AvgIpc) is 3.18. The summed E-state index contributed by atoms with van der Waals surface area (Å²) in [5.41, 5.74) is 3.56. The number of halogens is 2. The Labute approximate surface area is 201 Å². The molecule has 0 bridgehead atoms. The van der Waals surface area contributed by atoms with Crippen LogP contribution in [0.1, 0.15) is 25.8 Å². The molecule has 1 aromatic heterocycles. The van der Waals surface area contributed by atoms with Crippen molar-refractivity contribution >= 4 is 40.1 Å². The van der Waals surface area contributed by atoms with Gasteiger partial charge in [-0.15, -0.1) is 0 Å². The zero-order valence-corrected chi connectivity index (χ0v) is 19.6. The van der Waals surface area contributed by atoms with E-state index in [2.05, 4.69) is 6.92 Å². The lowest BCUT2D eigenvalue weighted by atomic mass is 9.96. The number of carboxylic acids is 1. The van der Waals surface area contributed by atoms with Crippen LogP contribution in [0, 0.1) is 0 Å². The summed E-state index contributed by atoms with van der Waals surface area (Å²) in [5, 5.41) is 10.9. The van der Waals surface area contributed by atoms with Gasteiger partial charge in [0.1, 0.15) is 22.8 Å². The molecule has 3 aromatic carbocycles. The number of aliphatic carboxylic acids is 1. The third-order valence-corrected chi connectivity index (χ3v) is 5.76. The molecule has 0 aliphatic rings. The molecule has 4 aromatic rings. The fraction of sp³-hybridized carbons (Fsp3) is 0.192. The van der Waals surface area contributed by atoms with E-state index in [0.29, 0.717) is 22.1 Å². The fourth-order valence-electron chi connectivity index (χ4n) is 3.58. The number of ether oxygens (including phenoxy) is 2. The molecule has 0 saturated heterocycles. The lowest BCUT2D eigenvalue weighted by molar-refractivity contribution is -0.144. The monoisotopic (exact) mass is 484 g/mol.